The summed E-state index contributed by atoms with van der Waals surface area (Å²) < 4.78 is 7.21. The van der Waals surface area contributed by atoms with Crippen LogP contribution >= 0.6 is 0 Å². The minimum Gasteiger partial charge on any atom is -0.496 e. The first-order valence-corrected chi connectivity index (χ1v) is 6.62. The van der Waals surface area contributed by atoms with Gasteiger partial charge in [-0.15, -0.1) is 0 Å². The molecule has 1 aromatic carbocycles. The number of rotatable bonds is 5. The van der Waals surface area contributed by atoms with Gasteiger partial charge in [-0.3, -0.25) is 4.79 Å². The largest absolute Gasteiger partial charge is 0.496 e. The molecule has 19 heavy (non-hydrogen) atoms. The number of nitrogens with two attached hydrogens (primary N) is 1. The van der Waals surface area contributed by atoms with Crippen molar-refractivity contribution in [2.45, 2.75) is 26.3 Å². The van der Waals surface area contributed by atoms with Crippen LogP contribution in [0.4, 0.5) is 0 Å². The summed E-state index contributed by atoms with van der Waals surface area (Å²) in [6.07, 6.45) is 1.51. The van der Waals surface area contributed by atoms with Gasteiger partial charge in [-0.1, -0.05) is 13.0 Å². The second-order valence-corrected chi connectivity index (χ2v) is 4.56. The van der Waals surface area contributed by atoms with E-state index in [9.17, 15) is 4.79 Å². The van der Waals surface area contributed by atoms with E-state index in [0.29, 0.717) is 19.5 Å². The Morgan fingerprint density at radius 1 is 1.37 bits per heavy atom. The molecule has 2 aromatic rings. The number of hydrogen-bond donors (Lipinski definition) is 1. The maximum Gasteiger partial charge on any atom is 0.254 e. The second kappa shape index (κ2) is 5.89. The molecule has 0 saturated carbocycles. The first kappa shape index (κ1) is 13.6. The molecule has 0 aliphatic rings. The number of nitrogens with zero attached hydrogens (tertiary/aromatic N) is 1. The SMILES string of the molecule is CCCn1c(=O)c(CCN)cc2c(OC)cccc21. The average Bonchev–Trinajstić information content (AvgIpc) is 2.43. The third-order valence-corrected chi connectivity index (χ3v) is 3.25. The van der Waals surface area contributed by atoms with Gasteiger partial charge in [-0.2, -0.15) is 0 Å². The molecule has 0 amide bonds. The maximum atomic E-state index is 12.4. The number of benzene rings is 1. The van der Waals surface area contributed by atoms with Gasteiger partial charge < -0.3 is 15.0 Å². The van der Waals surface area contributed by atoms with Crippen LogP contribution < -0.4 is 16.0 Å². The molecule has 0 aliphatic heterocycles. The van der Waals surface area contributed by atoms with Crippen molar-refractivity contribution in [2.75, 3.05) is 13.7 Å². The Bertz CT molecular complexity index is 632. The Morgan fingerprint density at radius 2 is 2.16 bits per heavy atom. The molecule has 0 unspecified atom stereocenters. The molecule has 2 N–H and O–H groups in total. The van der Waals surface area contributed by atoms with Crippen LogP contribution in [0.2, 0.25) is 0 Å². The van der Waals surface area contributed by atoms with E-state index in [-0.39, 0.29) is 5.56 Å². The molecule has 0 spiro atoms. The van der Waals surface area contributed by atoms with Crippen molar-refractivity contribution in [3.8, 4) is 5.75 Å². The minimum absolute atomic E-state index is 0.0630. The quantitative estimate of drug-likeness (QED) is 0.893. The van der Waals surface area contributed by atoms with Gasteiger partial charge in [-0.25, -0.2) is 0 Å². The van der Waals surface area contributed by atoms with Gasteiger partial charge in [0.2, 0.25) is 0 Å². The summed E-state index contributed by atoms with van der Waals surface area (Å²) in [6, 6.07) is 7.70. The first-order valence-electron chi connectivity index (χ1n) is 6.62. The molecule has 0 radical (unpaired) electrons. The van der Waals surface area contributed by atoms with Crippen LogP contribution in [0.3, 0.4) is 0 Å². The van der Waals surface area contributed by atoms with Crippen LogP contribution in [0.15, 0.2) is 29.1 Å². The van der Waals surface area contributed by atoms with Crippen molar-refractivity contribution in [1.82, 2.24) is 4.57 Å². The maximum absolute atomic E-state index is 12.4. The van der Waals surface area contributed by atoms with E-state index in [4.69, 9.17) is 10.5 Å². The molecule has 0 aliphatic carbocycles. The van der Waals surface area contributed by atoms with Gasteiger partial charge in [-0.05, 0) is 37.6 Å². The van der Waals surface area contributed by atoms with E-state index in [2.05, 4.69) is 6.92 Å². The Hall–Kier alpha value is -1.81. The highest BCUT2D eigenvalue weighted by Gasteiger charge is 2.11. The van der Waals surface area contributed by atoms with Crippen molar-refractivity contribution >= 4 is 10.9 Å². The monoisotopic (exact) mass is 260 g/mol. The zero-order valence-corrected chi connectivity index (χ0v) is 11.5. The predicted molar refractivity (Wildman–Crippen MR) is 77.8 cm³/mol. The van der Waals surface area contributed by atoms with Crippen molar-refractivity contribution in [1.29, 1.82) is 0 Å². The van der Waals surface area contributed by atoms with E-state index in [1.165, 1.54) is 0 Å². The highest BCUT2D eigenvalue weighted by atomic mass is 16.5. The summed E-state index contributed by atoms with van der Waals surface area (Å²) in [4.78, 5) is 12.4. The molecule has 4 heteroatoms. The van der Waals surface area contributed by atoms with Crippen LogP contribution in [0.1, 0.15) is 18.9 Å². The molecule has 0 bridgehead atoms. The number of fused-ring (bicyclic) bond motifs is 1. The lowest BCUT2D eigenvalue weighted by molar-refractivity contribution is 0.419. The summed E-state index contributed by atoms with van der Waals surface area (Å²) in [7, 11) is 1.65. The zero-order chi connectivity index (χ0) is 13.8. The first-order chi connectivity index (χ1) is 9.22. The molecule has 4 nitrogen and oxygen atoms in total. The van der Waals surface area contributed by atoms with Crippen molar-refractivity contribution < 1.29 is 4.74 Å². The molecule has 0 saturated heterocycles. The van der Waals surface area contributed by atoms with Gasteiger partial charge in [0.1, 0.15) is 5.75 Å². The van der Waals surface area contributed by atoms with Crippen molar-refractivity contribution in [2.24, 2.45) is 5.73 Å². The van der Waals surface area contributed by atoms with Crippen LogP contribution in [-0.2, 0) is 13.0 Å². The molecule has 0 atom stereocenters. The van der Waals surface area contributed by atoms with Crippen molar-refractivity contribution in [3.63, 3.8) is 0 Å². The molecule has 1 aromatic heterocycles. The fourth-order valence-corrected chi connectivity index (χ4v) is 2.39. The third kappa shape index (κ3) is 2.49. The van der Waals surface area contributed by atoms with E-state index in [0.717, 1.165) is 28.6 Å². The lowest BCUT2D eigenvalue weighted by atomic mass is 10.1. The number of pyridine rings is 1. The summed E-state index contributed by atoms with van der Waals surface area (Å²) in [5.74, 6) is 0.792. The van der Waals surface area contributed by atoms with Crippen LogP contribution in [0.25, 0.3) is 10.9 Å². The summed E-state index contributed by atoms with van der Waals surface area (Å²) in [5.41, 5.74) is 7.33. The Balaban J connectivity index is 2.79. The number of hydrogen-bond acceptors (Lipinski definition) is 3. The van der Waals surface area contributed by atoms with E-state index in [1.54, 1.807) is 7.11 Å². The van der Waals surface area contributed by atoms with Gasteiger partial charge in [0, 0.05) is 17.5 Å². The molecular formula is C15H20N2O2. The molecule has 102 valence electrons. The summed E-state index contributed by atoms with van der Waals surface area (Å²) >= 11 is 0. The molecular weight excluding hydrogens is 240 g/mol. The normalized spacial score (nSPS) is 10.9. The Labute approximate surface area is 112 Å². The fraction of sp³-hybridized carbons (Fsp3) is 0.400. The number of methoxy groups -OCH3 is 1. The highest BCUT2D eigenvalue weighted by Crippen LogP contribution is 2.25. The zero-order valence-electron chi connectivity index (χ0n) is 11.5. The predicted octanol–water partition coefficient (Wildman–Crippen LogP) is 1.92. The Kier molecular flexibility index (Phi) is 4.22. The lowest BCUT2D eigenvalue weighted by Crippen LogP contribution is -2.25. The van der Waals surface area contributed by atoms with E-state index >= 15 is 0 Å². The van der Waals surface area contributed by atoms with Crippen molar-refractivity contribution in [3.05, 3.63) is 40.2 Å². The van der Waals surface area contributed by atoms with Crippen LogP contribution in [0.5, 0.6) is 5.75 Å². The average molecular weight is 260 g/mol. The minimum atomic E-state index is 0.0630. The van der Waals surface area contributed by atoms with Gasteiger partial charge in [0.05, 0.1) is 12.6 Å². The smallest absolute Gasteiger partial charge is 0.254 e. The standard InChI is InChI=1S/C15H20N2O2/c1-3-9-17-13-5-4-6-14(19-2)12(13)10-11(7-8-16)15(17)18/h4-6,10H,3,7-9,16H2,1-2H3. The summed E-state index contributed by atoms with van der Waals surface area (Å²) in [6.45, 7) is 3.25. The Morgan fingerprint density at radius 3 is 2.79 bits per heavy atom. The topological polar surface area (TPSA) is 57.2 Å². The van der Waals surface area contributed by atoms with Gasteiger partial charge in [0.15, 0.2) is 0 Å². The third-order valence-electron chi connectivity index (χ3n) is 3.25. The van der Waals surface area contributed by atoms with Gasteiger partial charge >= 0.3 is 0 Å². The lowest BCUT2D eigenvalue weighted by Gasteiger charge is -2.14. The van der Waals surface area contributed by atoms with E-state index < -0.39 is 0 Å². The number of aryl methyl sites for hydroxylation is 1. The number of ether oxygens (including phenoxy) is 1. The van der Waals surface area contributed by atoms with E-state index in [1.807, 2.05) is 28.8 Å². The fourth-order valence-electron chi connectivity index (χ4n) is 2.39. The van der Waals surface area contributed by atoms with Crippen LogP contribution in [0, 0.1) is 0 Å². The second-order valence-electron chi connectivity index (χ2n) is 4.56. The number of aromatic nitrogens is 1. The molecule has 1 heterocycles. The summed E-state index contributed by atoms with van der Waals surface area (Å²) in [5, 5.41) is 0.974. The molecule has 0 fully saturated rings. The molecule has 2 rings (SSSR count). The highest BCUT2D eigenvalue weighted by molar-refractivity contribution is 5.86. The van der Waals surface area contributed by atoms with Crippen LogP contribution in [-0.4, -0.2) is 18.2 Å². The van der Waals surface area contributed by atoms with Gasteiger partial charge in [0.25, 0.3) is 5.56 Å².